The van der Waals surface area contributed by atoms with E-state index in [1.54, 1.807) is 36.4 Å². The zero-order chi connectivity index (χ0) is 17.1. The molecule has 118 valence electrons. The van der Waals surface area contributed by atoms with Gasteiger partial charge in [0, 0.05) is 10.9 Å². The van der Waals surface area contributed by atoms with Crippen molar-refractivity contribution >= 4 is 10.8 Å². The number of hydrogen-bond acceptors (Lipinski definition) is 1. The van der Waals surface area contributed by atoms with Crippen molar-refractivity contribution in [1.29, 1.82) is 5.26 Å². The van der Waals surface area contributed by atoms with Crippen LogP contribution in [-0.4, -0.2) is 0 Å². The summed E-state index contributed by atoms with van der Waals surface area (Å²) in [6, 6.07) is 15.1. The van der Waals surface area contributed by atoms with Gasteiger partial charge in [0.1, 0.15) is 17.7 Å². The highest BCUT2D eigenvalue weighted by atomic mass is 19.1. The first-order valence-electron chi connectivity index (χ1n) is 7.66. The normalized spacial score (nSPS) is 10.5. The van der Waals surface area contributed by atoms with Crippen LogP contribution in [0.15, 0.2) is 61.2 Å². The van der Waals surface area contributed by atoms with Crippen molar-refractivity contribution in [2.75, 3.05) is 0 Å². The molecule has 1 nitrogen and oxygen atoms in total. The molecule has 0 heterocycles. The highest BCUT2D eigenvalue weighted by Gasteiger charge is 2.10. The third-order valence-electron chi connectivity index (χ3n) is 4.06. The minimum Gasteiger partial charge on any atom is -0.206 e. The van der Waals surface area contributed by atoms with Gasteiger partial charge in [-0.1, -0.05) is 36.4 Å². The Hall–Kier alpha value is -2.99. The lowest BCUT2D eigenvalue weighted by Gasteiger charge is -2.08. The Kier molecular flexibility index (Phi) is 4.39. The van der Waals surface area contributed by atoms with Gasteiger partial charge in [-0.25, -0.2) is 8.78 Å². The summed E-state index contributed by atoms with van der Waals surface area (Å²) < 4.78 is 28.6. The van der Waals surface area contributed by atoms with Crippen LogP contribution in [0.25, 0.3) is 21.9 Å². The number of halogens is 2. The van der Waals surface area contributed by atoms with Gasteiger partial charge < -0.3 is 0 Å². The molecule has 3 heteroatoms. The van der Waals surface area contributed by atoms with Crippen molar-refractivity contribution in [2.45, 2.75) is 12.8 Å². The number of rotatable bonds is 4. The van der Waals surface area contributed by atoms with Crippen LogP contribution in [0.2, 0.25) is 0 Å². The van der Waals surface area contributed by atoms with E-state index < -0.39 is 5.82 Å². The molecule has 0 N–H and O–H groups in total. The minimum absolute atomic E-state index is 0.00741. The second kappa shape index (κ2) is 6.64. The first-order valence-corrected chi connectivity index (χ1v) is 7.66. The molecule has 0 atom stereocenters. The molecule has 3 aromatic rings. The smallest absolute Gasteiger partial charge is 0.148 e. The Morgan fingerprint density at radius 1 is 1.04 bits per heavy atom. The Balaban J connectivity index is 2.04. The maximum Gasteiger partial charge on any atom is 0.148 e. The predicted octanol–water partition coefficient (Wildman–Crippen LogP) is 5.78. The minimum atomic E-state index is -0.540. The van der Waals surface area contributed by atoms with Crippen LogP contribution >= 0.6 is 0 Å². The Labute approximate surface area is 139 Å². The molecule has 0 fully saturated rings. The molecule has 0 aromatic heterocycles. The van der Waals surface area contributed by atoms with Gasteiger partial charge in [-0.15, -0.1) is 6.58 Å². The summed E-state index contributed by atoms with van der Waals surface area (Å²) in [5.41, 5.74) is 2.08. The molecule has 0 unspecified atom stereocenters. The SMILES string of the molecule is C=CCCc1ccc(-c2ccc3c(F)c(C#N)ccc3c2)c(F)c1. The average molecular weight is 319 g/mol. The van der Waals surface area contributed by atoms with Crippen molar-refractivity contribution in [1.82, 2.24) is 0 Å². The van der Waals surface area contributed by atoms with Gasteiger partial charge in [0.15, 0.2) is 0 Å². The summed E-state index contributed by atoms with van der Waals surface area (Å²) in [7, 11) is 0. The van der Waals surface area contributed by atoms with Crippen molar-refractivity contribution < 1.29 is 8.78 Å². The van der Waals surface area contributed by atoms with Crippen molar-refractivity contribution in [3.63, 3.8) is 0 Å². The monoisotopic (exact) mass is 319 g/mol. The van der Waals surface area contributed by atoms with Gasteiger partial charge in [-0.05, 0) is 47.6 Å². The quantitative estimate of drug-likeness (QED) is 0.560. The molecule has 0 amide bonds. The molecule has 0 saturated heterocycles. The molecular weight excluding hydrogens is 304 g/mol. The standard InChI is InChI=1S/C21H15F2N/c1-2-3-4-14-5-9-18(20(22)11-14)15-8-10-19-16(12-15)6-7-17(13-24)21(19)23/h2,5-12H,1,3-4H2. The van der Waals surface area contributed by atoms with E-state index in [4.69, 9.17) is 5.26 Å². The summed E-state index contributed by atoms with van der Waals surface area (Å²) in [5, 5.41) is 9.89. The number of allylic oxidation sites excluding steroid dienone is 1. The topological polar surface area (TPSA) is 23.8 Å². The van der Waals surface area contributed by atoms with Crippen molar-refractivity contribution in [2.24, 2.45) is 0 Å². The molecule has 0 bridgehead atoms. The van der Waals surface area contributed by atoms with Gasteiger partial charge in [-0.2, -0.15) is 5.26 Å². The van der Waals surface area contributed by atoms with Crippen LogP contribution in [0, 0.1) is 23.0 Å². The summed E-state index contributed by atoms with van der Waals surface area (Å²) in [4.78, 5) is 0. The molecule has 0 saturated carbocycles. The third kappa shape index (κ3) is 2.91. The number of benzene rings is 3. The number of nitriles is 1. The first kappa shape index (κ1) is 15.9. The predicted molar refractivity (Wildman–Crippen MR) is 92.5 cm³/mol. The number of fused-ring (bicyclic) bond motifs is 1. The van der Waals surface area contributed by atoms with E-state index in [-0.39, 0.29) is 11.4 Å². The molecule has 24 heavy (non-hydrogen) atoms. The summed E-state index contributed by atoms with van der Waals surface area (Å²) in [5.74, 6) is -0.841. The maximum absolute atomic E-state index is 14.4. The Bertz CT molecular complexity index is 967. The van der Waals surface area contributed by atoms with Gasteiger partial charge in [0.05, 0.1) is 5.56 Å². The van der Waals surface area contributed by atoms with Crippen LogP contribution in [0.5, 0.6) is 0 Å². The van der Waals surface area contributed by atoms with Gasteiger partial charge in [0.2, 0.25) is 0 Å². The van der Waals surface area contributed by atoms with E-state index in [0.29, 0.717) is 21.9 Å². The van der Waals surface area contributed by atoms with Gasteiger partial charge >= 0.3 is 0 Å². The zero-order valence-electron chi connectivity index (χ0n) is 13.0. The summed E-state index contributed by atoms with van der Waals surface area (Å²) >= 11 is 0. The molecular formula is C21H15F2N. The van der Waals surface area contributed by atoms with Crippen LogP contribution in [0.4, 0.5) is 8.78 Å². The van der Waals surface area contributed by atoms with Crippen LogP contribution in [-0.2, 0) is 6.42 Å². The fourth-order valence-electron chi connectivity index (χ4n) is 2.76. The lowest BCUT2D eigenvalue weighted by Crippen LogP contribution is -1.91. The molecule has 0 aliphatic heterocycles. The van der Waals surface area contributed by atoms with E-state index in [1.807, 2.05) is 12.1 Å². The second-order valence-corrected chi connectivity index (χ2v) is 5.62. The van der Waals surface area contributed by atoms with E-state index >= 15 is 0 Å². The third-order valence-corrected chi connectivity index (χ3v) is 4.06. The molecule has 0 aliphatic carbocycles. The first-order chi connectivity index (χ1) is 11.6. The fourth-order valence-corrected chi connectivity index (χ4v) is 2.76. The highest BCUT2D eigenvalue weighted by Crippen LogP contribution is 2.29. The van der Waals surface area contributed by atoms with Gasteiger partial charge in [0.25, 0.3) is 0 Å². The largest absolute Gasteiger partial charge is 0.206 e. The Morgan fingerprint density at radius 2 is 1.88 bits per heavy atom. The molecule has 3 aromatic carbocycles. The maximum atomic E-state index is 14.4. The van der Waals surface area contributed by atoms with Crippen LogP contribution in [0.3, 0.4) is 0 Å². The number of aryl methyl sites for hydroxylation is 1. The van der Waals surface area contributed by atoms with E-state index in [1.165, 1.54) is 12.1 Å². The summed E-state index contributed by atoms with van der Waals surface area (Å²) in [6.45, 7) is 3.67. The average Bonchev–Trinajstić information content (AvgIpc) is 2.60. The van der Waals surface area contributed by atoms with Crippen LogP contribution in [0.1, 0.15) is 17.5 Å². The molecule has 0 radical (unpaired) electrons. The lowest BCUT2D eigenvalue weighted by atomic mass is 9.97. The van der Waals surface area contributed by atoms with E-state index in [0.717, 1.165) is 18.4 Å². The van der Waals surface area contributed by atoms with Crippen LogP contribution < -0.4 is 0 Å². The highest BCUT2D eigenvalue weighted by molar-refractivity contribution is 5.89. The van der Waals surface area contributed by atoms with Crippen molar-refractivity contribution in [3.8, 4) is 17.2 Å². The van der Waals surface area contributed by atoms with E-state index in [9.17, 15) is 8.78 Å². The lowest BCUT2D eigenvalue weighted by molar-refractivity contribution is 0.629. The zero-order valence-corrected chi connectivity index (χ0v) is 13.0. The Morgan fingerprint density at radius 3 is 2.58 bits per heavy atom. The number of hydrogen-bond donors (Lipinski definition) is 0. The number of nitrogens with zero attached hydrogens (tertiary/aromatic N) is 1. The van der Waals surface area contributed by atoms with Gasteiger partial charge in [-0.3, -0.25) is 0 Å². The second-order valence-electron chi connectivity index (χ2n) is 5.62. The molecule has 0 aliphatic rings. The summed E-state index contributed by atoms with van der Waals surface area (Å²) in [6.07, 6.45) is 3.36. The van der Waals surface area contributed by atoms with E-state index in [2.05, 4.69) is 6.58 Å². The van der Waals surface area contributed by atoms with Crippen molar-refractivity contribution in [3.05, 3.63) is 83.9 Å². The molecule has 0 spiro atoms. The molecule has 3 rings (SSSR count). The fraction of sp³-hybridized carbons (Fsp3) is 0.0952.